The van der Waals surface area contributed by atoms with E-state index in [0.717, 1.165) is 22.6 Å². The maximum atomic E-state index is 11.5. The van der Waals surface area contributed by atoms with E-state index in [9.17, 15) is 9.90 Å². The number of aliphatic hydroxyl groups excluding tert-OH is 1. The Hall–Kier alpha value is -2.57. The molecular weight excluding hydrogens is 320 g/mol. The van der Waals surface area contributed by atoms with Crippen molar-refractivity contribution in [3.63, 3.8) is 0 Å². The van der Waals surface area contributed by atoms with Crippen LogP contribution in [-0.2, 0) is 17.9 Å². The normalized spacial score (nSPS) is 11.6. The van der Waals surface area contributed by atoms with E-state index in [1.54, 1.807) is 14.2 Å². The molecule has 25 heavy (non-hydrogen) atoms. The Labute approximate surface area is 147 Å². The van der Waals surface area contributed by atoms with Crippen LogP contribution in [0.5, 0.6) is 11.5 Å². The summed E-state index contributed by atoms with van der Waals surface area (Å²) >= 11 is 0. The zero-order valence-corrected chi connectivity index (χ0v) is 14.5. The maximum Gasteiger partial charge on any atom is 0.239 e. The third-order valence-corrected chi connectivity index (χ3v) is 3.76. The van der Waals surface area contributed by atoms with Crippen molar-refractivity contribution in [1.29, 1.82) is 0 Å². The van der Waals surface area contributed by atoms with E-state index in [2.05, 4.69) is 10.6 Å². The van der Waals surface area contributed by atoms with Crippen molar-refractivity contribution in [2.45, 2.75) is 19.2 Å². The standard InChI is InChI=1S/C19H24N2O4/c1-20-19(23)18(12-22)21-11-14-6-8-16(9-7-14)25-13-15-4-3-5-17(10-15)24-2/h3-10,18,21-22H,11-13H2,1-2H3,(H,20,23)/t18-/m0/s1. The Morgan fingerprint density at radius 2 is 1.88 bits per heavy atom. The Morgan fingerprint density at radius 3 is 2.52 bits per heavy atom. The van der Waals surface area contributed by atoms with Crippen LogP contribution in [-0.4, -0.2) is 37.8 Å². The van der Waals surface area contributed by atoms with Crippen molar-refractivity contribution in [3.8, 4) is 11.5 Å². The first-order valence-corrected chi connectivity index (χ1v) is 8.06. The van der Waals surface area contributed by atoms with Crippen LogP contribution in [0.25, 0.3) is 0 Å². The molecule has 0 aliphatic carbocycles. The van der Waals surface area contributed by atoms with Crippen molar-refractivity contribution in [2.75, 3.05) is 20.8 Å². The Kier molecular flexibility index (Phi) is 7.25. The molecule has 0 aliphatic rings. The van der Waals surface area contributed by atoms with Crippen molar-refractivity contribution in [3.05, 3.63) is 59.7 Å². The lowest BCUT2D eigenvalue weighted by Gasteiger charge is -2.14. The van der Waals surface area contributed by atoms with E-state index >= 15 is 0 Å². The van der Waals surface area contributed by atoms with Gasteiger partial charge in [0.2, 0.25) is 5.91 Å². The molecule has 0 aliphatic heterocycles. The minimum atomic E-state index is -0.617. The highest BCUT2D eigenvalue weighted by molar-refractivity contribution is 5.81. The second-order valence-corrected chi connectivity index (χ2v) is 5.51. The number of nitrogens with one attached hydrogen (secondary N) is 2. The van der Waals surface area contributed by atoms with Crippen molar-refractivity contribution >= 4 is 5.91 Å². The summed E-state index contributed by atoms with van der Waals surface area (Å²) in [5.74, 6) is 1.33. The molecule has 6 heteroatoms. The molecule has 2 aromatic carbocycles. The molecule has 0 radical (unpaired) electrons. The molecule has 0 heterocycles. The van der Waals surface area contributed by atoms with Crippen molar-refractivity contribution in [2.24, 2.45) is 0 Å². The van der Waals surface area contributed by atoms with Crippen molar-refractivity contribution in [1.82, 2.24) is 10.6 Å². The first-order valence-electron chi connectivity index (χ1n) is 8.06. The summed E-state index contributed by atoms with van der Waals surface area (Å²) in [6.07, 6.45) is 0. The van der Waals surface area contributed by atoms with E-state index in [0.29, 0.717) is 13.2 Å². The molecule has 6 nitrogen and oxygen atoms in total. The number of carbonyl (C=O) groups is 1. The van der Waals surface area contributed by atoms with Gasteiger partial charge >= 0.3 is 0 Å². The summed E-state index contributed by atoms with van der Waals surface area (Å²) in [4.78, 5) is 11.5. The van der Waals surface area contributed by atoms with Gasteiger partial charge in [0, 0.05) is 13.6 Å². The highest BCUT2D eigenvalue weighted by Crippen LogP contribution is 2.17. The van der Waals surface area contributed by atoms with Gasteiger partial charge in [-0.2, -0.15) is 0 Å². The molecule has 2 aromatic rings. The van der Waals surface area contributed by atoms with Gasteiger partial charge in [-0.05, 0) is 35.4 Å². The highest BCUT2D eigenvalue weighted by atomic mass is 16.5. The number of amides is 1. The third kappa shape index (κ3) is 5.77. The number of ether oxygens (including phenoxy) is 2. The summed E-state index contributed by atoms with van der Waals surface area (Å²) in [6, 6.07) is 14.7. The molecule has 0 fully saturated rings. The van der Waals surface area contributed by atoms with Gasteiger partial charge < -0.3 is 19.9 Å². The van der Waals surface area contributed by atoms with Crippen LogP contribution < -0.4 is 20.1 Å². The number of hydrogen-bond acceptors (Lipinski definition) is 5. The minimum Gasteiger partial charge on any atom is -0.497 e. The molecule has 0 aromatic heterocycles. The zero-order valence-electron chi connectivity index (χ0n) is 14.5. The molecule has 134 valence electrons. The smallest absolute Gasteiger partial charge is 0.239 e. The molecule has 0 unspecified atom stereocenters. The van der Waals surface area contributed by atoms with E-state index in [1.165, 1.54) is 0 Å². The van der Waals surface area contributed by atoms with Gasteiger partial charge in [0.1, 0.15) is 24.1 Å². The molecule has 1 atom stereocenters. The molecule has 0 saturated heterocycles. The Balaban J connectivity index is 1.85. The minimum absolute atomic E-state index is 0.235. The van der Waals surface area contributed by atoms with E-state index < -0.39 is 6.04 Å². The quantitative estimate of drug-likeness (QED) is 0.642. The van der Waals surface area contributed by atoms with Gasteiger partial charge in [0.05, 0.1) is 13.7 Å². The average molecular weight is 344 g/mol. The van der Waals surface area contributed by atoms with E-state index in [1.807, 2.05) is 48.5 Å². The number of benzene rings is 2. The first kappa shape index (κ1) is 18.8. The summed E-state index contributed by atoms with van der Waals surface area (Å²) in [6.45, 7) is 0.689. The number of likely N-dealkylation sites (N-methyl/N-ethyl adjacent to an activating group) is 1. The molecule has 0 bridgehead atoms. The zero-order chi connectivity index (χ0) is 18.1. The van der Waals surface area contributed by atoms with Crippen LogP contribution in [0, 0.1) is 0 Å². The van der Waals surface area contributed by atoms with Crippen LogP contribution in [0.4, 0.5) is 0 Å². The number of hydrogen-bond donors (Lipinski definition) is 3. The van der Waals surface area contributed by atoms with Gasteiger partial charge in [0.25, 0.3) is 0 Å². The van der Waals surface area contributed by atoms with Crippen LogP contribution in [0.3, 0.4) is 0 Å². The number of aliphatic hydroxyl groups is 1. The first-order chi connectivity index (χ1) is 12.2. The van der Waals surface area contributed by atoms with E-state index in [-0.39, 0.29) is 12.5 Å². The van der Waals surface area contributed by atoms with E-state index in [4.69, 9.17) is 9.47 Å². The second-order valence-electron chi connectivity index (χ2n) is 5.51. The molecule has 3 N–H and O–H groups in total. The van der Waals surface area contributed by atoms with Gasteiger partial charge in [-0.3, -0.25) is 10.1 Å². The fourth-order valence-corrected chi connectivity index (χ4v) is 2.29. The highest BCUT2D eigenvalue weighted by Gasteiger charge is 2.14. The predicted octanol–water partition coefficient (Wildman–Crippen LogP) is 1.47. The maximum absolute atomic E-state index is 11.5. The fraction of sp³-hybridized carbons (Fsp3) is 0.316. The number of rotatable bonds is 9. The predicted molar refractivity (Wildman–Crippen MR) is 95.5 cm³/mol. The van der Waals surface area contributed by atoms with Crippen molar-refractivity contribution < 1.29 is 19.4 Å². The van der Waals surface area contributed by atoms with Crippen LogP contribution in [0.2, 0.25) is 0 Å². The second kappa shape index (κ2) is 9.66. The molecule has 2 rings (SSSR count). The fourth-order valence-electron chi connectivity index (χ4n) is 2.29. The number of carbonyl (C=O) groups excluding carboxylic acids is 1. The lowest BCUT2D eigenvalue weighted by atomic mass is 10.2. The Bertz CT molecular complexity index is 673. The monoisotopic (exact) mass is 344 g/mol. The largest absolute Gasteiger partial charge is 0.497 e. The summed E-state index contributed by atoms with van der Waals surface area (Å²) in [5.41, 5.74) is 2.03. The Morgan fingerprint density at radius 1 is 1.12 bits per heavy atom. The number of methoxy groups -OCH3 is 1. The van der Waals surface area contributed by atoms with Gasteiger partial charge in [0.15, 0.2) is 0 Å². The van der Waals surface area contributed by atoms with Gasteiger partial charge in [-0.25, -0.2) is 0 Å². The van der Waals surface area contributed by atoms with Crippen LogP contribution in [0.1, 0.15) is 11.1 Å². The lowest BCUT2D eigenvalue weighted by molar-refractivity contribution is -0.123. The molecule has 1 amide bonds. The van der Waals surface area contributed by atoms with Gasteiger partial charge in [-0.15, -0.1) is 0 Å². The summed E-state index contributed by atoms with van der Waals surface area (Å²) in [5, 5.41) is 14.7. The summed E-state index contributed by atoms with van der Waals surface area (Å²) in [7, 11) is 3.18. The molecule has 0 spiro atoms. The van der Waals surface area contributed by atoms with Gasteiger partial charge in [-0.1, -0.05) is 24.3 Å². The molecule has 0 saturated carbocycles. The third-order valence-electron chi connectivity index (χ3n) is 3.76. The van der Waals surface area contributed by atoms with Crippen LogP contribution >= 0.6 is 0 Å². The average Bonchev–Trinajstić information content (AvgIpc) is 2.67. The summed E-state index contributed by atoms with van der Waals surface area (Å²) < 4.78 is 11.0. The molecular formula is C19H24N2O4. The van der Waals surface area contributed by atoms with Crippen LogP contribution in [0.15, 0.2) is 48.5 Å². The topological polar surface area (TPSA) is 79.8 Å². The SMILES string of the molecule is CNC(=O)[C@H](CO)NCc1ccc(OCc2cccc(OC)c2)cc1. The lowest BCUT2D eigenvalue weighted by Crippen LogP contribution is -2.44.